The van der Waals surface area contributed by atoms with E-state index in [4.69, 9.17) is 10.6 Å². The van der Waals surface area contributed by atoms with Crippen LogP contribution in [0.4, 0.5) is 10.1 Å². The largest absolute Gasteiger partial charge is 0.381 e. The molecule has 0 saturated carbocycles. The fourth-order valence-corrected chi connectivity index (χ4v) is 2.15. The van der Waals surface area contributed by atoms with Crippen LogP contribution in [0.3, 0.4) is 0 Å². The highest BCUT2D eigenvalue weighted by Crippen LogP contribution is 2.23. The summed E-state index contributed by atoms with van der Waals surface area (Å²) in [7, 11) is 0. The molecule has 0 aliphatic carbocycles. The molecular formula is C13H18FN3O2. The molecule has 5 nitrogen and oxygen atoms in total. The highest BCUT2D eigenvalue weighted by Gasteiger charge is 2.30. The van der Waals surface area contributed by atoms with E-state index in [1.54, 1.807) is 0 Å². The Bertz CT molecular complexity index is 473. The van der Waals surface area contributed by atoms with Crippen LogP contribution in [-0.2, 0) is 4.74 Å². The van der Waals surface area contributed by atoms with Gasteiger partial charge >= 0.3 is 0 Å². The molecule has 1 saturated heterocycles. The summed E-state index contributed by atoms with van der Waals surface area (Å²) < 4.78 is 18.8. The van der Waals surface area contributed by atoms with E-state index in [1.165, 1.54) is 18.2 Å². The van der Waals surface area contributed by atoms with Crippen LogP contribution in [0.5, 0.6) is 0 Å². The van der Waals surface area contributed by atoms with Crippen molar-refractivity contribution < 1.29 is 13.9 Å². The standard InChI is InChI=1S/C13H18FN3O2/c1-13(5-7-19-8-6-13)16-12(18)9-3-2-4-10(14)11(9)17-15/h2-4,17H,5-8,15H2,1H3,(H,16,18). The lowest BCUT2D eigenvalue weighted by Crippen LogP contribution is -2.49. The number of hydrogen-bond donors (Lipinski definition) is 3. The highest BCUT2D eigenvalue weighted by molar-refractivity contribution is 6.00. The number of anilines is 1. The van der Waals surface area contributed by atoms with E-state index in [9.17, 15) is 9.18 Å². The van der Waals surface area contributed by atoms with Gasteiger partial charge in [-0.25, -0.2) is 4.39 Å². The quantitative estimate of drug-likeness (QED) is 0.571. The van der Waals surface area contributed by atoms with E-state index in [-0.39, 0.29) is 22.7 Å². The molecule has 1 fully saturated rings. The minimum absolute atomic E-state index is 0.00987. The van der Waals surface area contributed by atoms with Crippen molar-refractivity contribution in [3.8, 4) is 0 Å². The number of ether oxygens (including phenoxy) is 1. The second-order valence-corrected chi connectivity index (χ2v) is 4.93. The number of hydrogen-bond acceptors (Lipinski definition) is 4. The Hall–Kier alpha value is -1.66. The molecule has 104 valence electrons. The van der Waals surface area contributed by atoms with Crippen molar-refractivity contribution in [2.75, 3.05) is 18.6 Å². The number of halogens is 1. The molecule has 0 spiro atoms. The smallest absolute Gasteiger partial charge is 0.253 e. The SMILES string of the molecule is CC1(NC(=O)c2cccc(F)c2NN)CCOCC1. The van der Waals surface area contributed by atoms with E-state index in [0.717, 1.165) is 12.8 Å². The van der Waals surface area contributed by atoms with Crippen molar-refractivity contribution in [2.24, 2.45) is 5.84 Å². The lowest BCUT2D eigenvalue weighted by Gasteiger charge is -2.34. The molecule has 0 bridgehead atoms. The number of amides is 1. The van der Waals surface area contributed by atoms with Crippen molar-refractivity contribution in [3.63, 3.8) is 0 Å². The van der Waals surface area contributed by atoms with Crippen LogP contribution in [0.2, 0.25) is 0 Å². The van der Waals surface area contributed by atoms with Crippen LogP contribution >= 0.6 is 0 Å². The first-order valence-corrected chi connectivity index (χ1v) is 6.21. The average molecular weight is 267 g/mol. The van der Waals surface area contributed by atoms with Crippen molar-refractivity contribution >= 4 is 11.6 Å². The number of nitrogens with two attached hydrogens (primary N) is 1. The summed E-state index contributed by atoms with van der Waals surface area (Å²) in [6.45, 7) is 3.19. The summed E-state index contributed by atoms with van der Waals surface area (Å²) in [6.07, 6.45) is 1.47. The molecular weight excluding hydrogens is 249 g/mol. The summed E-state index contributed by atoms with van der Waals surface area (Å²) in [4.78, 5) is 12.2. The average Bonchev–Trinajstić information content (AvgIpc) is 2.38. The van der Waals surface area contributed by atoms with Crippen molar-refractivity contribution in [1.82, 2.24) is 5.32 Å². The maximum Gasteiger partial charge on any atom is 0.253 e. The van der Waals surface area contributed by atoms with Gasteiger partial charge in [-0.05, 0) is 31.9 Å². The van der Waals surface area contributed by atoms with Crippen LogP contribution in [0.1, 0.15) is 30.1 Å². The van der Waals surface area contributed by atoms with Crippen molar-refractivity contribution in [1.29, 1.82) is 0 Å². The Morgan fingerprint density at radius 2 is 2.11 bits per heavy atom. The van der Waals surface area contributed by atoms with Crippen molar-refractivity contribution in [2.45, 2.75) is 25.3 Å². The van der Waals surface area contributed by atoms with Crippen molar-refractivity contribution in [3.05, 3.63) is 29.6 Å². The lowest BCUT2D eigenvalue weighted by atomic mass is 9.92. The van der Waals surface area contributed by atoms with Gasteiger partial charge in [0, 0.05) is 18.8 Å². The van der Waals surface area contributed by atoms with Gasteiger partial charge in [-0.3, -0.25) is 10.6 Å². The predicted molar refractivity (Wildman–Crippen MR) is 70.1 cm³/mol. The molecule has 0 unspecified atom stereocenters. The molecule has 1 aliphatic rings. The Balaban J connectivity index is 2.18. The van der Waals surface area contributed by atoms with Gasteiger partial charge in [-0.2, -0.15) is 0 Å². The molecule has 6 heteroatoms. The van der Waals surface area contributed by atoms with Gasteiger partial charge in [0.15, 0.2) is 0 Å². The van der Waals surface area contributed by atoms with E-state index in [2.05, 4.69) is 10.7 Å². The number of nitrogens with one attached hydrogen (secondary N) is 2. The maximum absolute atomic E-state index is 13.5. The maximum atomic E-state index is 13.5. The number of para-hydroxylation sites is 1. The Morgan fingerprint density at radius 1 is 1.42 bits per heavy atom. The topological polar surface area (TPSA) is 76.4 Å². The van der Waals surface area contributed by atoms with Gasteiger partial charge in [0.25, 0.3) is 5.91 Å². The number of rotatable bonds is 3. The Labute approximate surface area is 111 Å². The Morgan fingerprint density at radius 3 is 2.74 bits per heavy atom. The summed E-state index contributed by atoms with van der Waals surface area (Å²) >= 11 is 0. The summed E-state index contributed by atoms with van der Waals surface area (Å²) in [5, 5.41) is 2.93. The first-order chi connectivity index (χ1) is 9.06. The number of carbonyl (C=O) groups excluding carboxylic acids is 1. The van der Waals surface area contributed by atoms with Crippen LogP contribution in [0.25, 0.3) is 0 Å². The number of nitrogen functional groups attached to an aromatic ring is 1. The zero-order valence-corrected chi connectivity index (χ0v) is 10.8. The van der Waals surface area contributed by atoms with Gasteiger partial charge < -0.3 is 15.5 Å². The molecule has 19 heavy (non-hydrogen) atoms. The molecule has 0 aromatic heterocycles. The van der Waals surface area contributed by atoms with Crippen LogP contribution in [0.15, 0.2) is 18.2 Å². The molecule has 1 aromatic carbocycles. The zero-order chi connectivity index (χ0) is 13.9. The summed E-state index contributed by atoms with van der Waals surface area (Å²) in [5.74, 6) is 4.38. The molecule has 1 aliphatic heterocycles. The lowest BCUT2D eigenvalue weighted by molar-refractivity contribution is 0.0423. The van der Waals surface area contributed by atoms with Gasteiger partial charge in [0.05, 0.1) is 11.3 Å². The molecule has 1 aromatic rings. The molecule has 4 N–H and O–H groups in total. The van der Waals surface area contributed by atoms with Crippen LogP contribution in [0, 0.1) is 5.82 Å². The molecule has 1 heterocycles. The van der Waals surface area contributed by atoms with Crippen LogP contribution in [-0.4, -0.2) is 24.7 Å². The minimum Gasteiger partial charge on any atom is -0.381 e. The number of hydrazine groups is 1. The van der Waals surface area contributed by atoms with Crippen LogP contribution < -0.4 is 16.6 Å². The Kier molecular flexibility index (Phi) is 4.01. The second kappa shape index (κ2) is 5.54. The third kappa shape index (κ3) is 3.02. The second-order valence-electron chi connectivity index (χ2n) is 4.93. The molecule has 2 rings (SSSR count). The highest BCUT2D eigenvalue weighted by atomic mass is 19.1. The predicted octanol–water partition coefficient (Wildman–Crippen LogP) is 1.41. The third-order valence-electron chi connectivity index (χ3n) is 3.41. The zero-order valence-electron chi connectivity index (χ0n) is 10.8. The summed E-state index contributed by atoms with van der Waals surface area (Å²) in [6, 6.07) is 4.27. The van der Waals surface area contributed by atoms with Gasteiger partial charge in [-0.1, -0.05) is 6.07 Å². The first-order valence-electron chi connectivity index (χ1n) is 6.21. The first kappa shape index (κ1) is 13.8. The van der Waals surface area contributed by atoms with E-state index in [1.807, 2.05) is 6.92 Å². The van der Waals surface area contributed by atoms with E-state index in [0.29, 0.717) is 13.2 Å². The third-order valence-corrected chi connectivity index (χ3v) is 3.41. The minimum atomic E-state index is -0.549. The number of carbonyl (C=O) groups is 1. The van der Waals surface area contributed by atoms with Gasteiger partial charge in [0.1, 0.15) is 5.82 Å². The molecule has 0 atom stereocenters. The van der Waals surface area contributed by atoms with Gasteiger partial charge in [0.2, 0.25) is 0 Å². The number of benzene rings is 1. The fraction of sp³-hybridized carbons (Fsp3) is 0.462. The van der Waals surface area contributed by atoms with E-state index < -0.39 is 5.82 Å². The summed E-state index contributed by atoms with van der Waals surface area (Å²) in [5.41, 5.74) is 2.12. The molecule has 1 amide bonds. The van der Waals surface area contributed by atoms with Gasteiger partial charge in [-0.15, -0.1) is 0 Å². The normalized spacial score (nSPS) is 17.8. The fourth-order valence-electron chi connectivity index (χ4n) is 2.15. The monoisotopic (exact) mass is 267 g/mol. The van der Waals surface area contributed by atoms with E-state index >= 15 is 0 Å². The molecule has 0 radical (unpaired) electrons.